The molecule has 19 heavy (non-hydrogen) atoms. The number of nitrogens with zero attached hydrogens (tertiary/aromatic N) is 1. The second-order valence-electron chi connectivity index (χ2n) is 4.06. The number of halogens is 1. The maximum Gasteiger partial charge on any atom is 0.130 e. The van der Waals surface area contributed by atoms with Gasteiger partial charge in [-0.15, -0.1) is 0 Å². The van der Waals surface area contributed by atoms with Crippen LogP contribution in [-0.4, -0.2) is 9.97 Å². The van der Waals surface area contributed by atoms with Crippen molar-refractivity contribution in [2.75, 3.05) is 0 Å². The number of hydrogen-bond donors (Lipinski definition) is 1. The number of rotatable bonds is 4. The Kier molecular flexibility index (Phi) is 4.35. The van der Waals surface area contributed by atoms with Gasteiger partial charge in [-0.25, -0.2) is 0 Å². The Hall–Kier alpha value is -1.65. The zero-order valence-electron chi connectivity index (χ0n) is 10.4. The van der Waals surface area contributed by atoms with Crippen LogP contribution in [0.25, 0.3) is 0 Å². The molecule has 0 fully saturated rings. The molecule has 0 radical (unpaired) electrons. The molecule has 0 spiro atoms. The fraction of sp³-hybridized carbons (Fsp3) is 0.143. The fourth-order valence-electron chi connectivity index (χ4n) is 1.61. The lowest BCUT2D eigenvalue weighted by Gasteiger charge is -2.09. The molecule has 2 N–H and O–H groups in total. The molecule has 2 aromatic rings. The summed E-state index contributed by atoms with van der Waals surface area (Å²) in [5.74, 6) is 0.662. The van der Waals surface area contributed by atoms with Crippen molar-refractivity contribution < 1.29 is 4.74 Å². The molecule has 0 aliphatic carbocycles. The standard InChI is InChI=1S/C14H13ClN2OS/c1-9-3-2-6-17-13(9)8-18-10-4-5-11(14(16)19)12(15)7-10/h2-7H,8H2,1H3,(H2,16,19). The summed E-state index contributed by atoms with van der Waals surface area (Å²) in [6.45, 7) is 2.39. The van der Waals surface area contributed by atoms with Crippen molar-refractivity contribution >= 4 is 28.8 Å². The molecular weight excluding hydrogens is 280 g/mol. The molecule has 0 atom stereocenters. The van der Waals surface area contributed by atoms with E-state index in [0.717, 1.165) is 11.3 Å². The van der Waals surface area contributed by atoms with E-state index in [2.05, 4.69) is 4.98 Å². The van der Waals surface area contributed by atoms with E-state index in [1.54, 1.807) is 24.4 Å². The summed E-state index contributed by atoms with van der Waals surface area (Å²) in [6.07, 6.45) is 1.74. The Morgan fingerprint density at radius 3 is 2.84 bits per heavy atom. The van der Waals surface area contributed by atoms with E-state index in [-0.39, 0.29) is 4.99 Å². The third kappa shape index (κ3) is 3.43. The third-order valence-corrected chi connectivity index (χ3v) is 3.23. The van der Waals surface area contributed by atoms with E-state index in [9.17, 15) is 0 Å². The smallest absolute Gasteiger partial charge is 0.130 e. The molecule has 0 saturated heterocycles. The van der Waals surface area contributed by atoms with E-state index in [1.807, 2.05) is 19.1 Å². The first-order valence-corrected chi connectivity index (χ1v) is 6.49. The topological polar surface area (TPSA) is 48.1 Å². The zero-order valence-corrected chi connectivity index (χ0v) is 12.0. The molecule has 0 unspecified atom stereocenters. The van der Waals surface area contributed by atoms with Gasteiger partial charge >= 0.3 is 0 Å². The van der Waals surface area contributed by atoms with Gasteiger partial charge in [0.2, 0.25) is 0 Å². The van der Waals surface area contributed by atoms with E-state index in [4.69, 9.17) is 34.3 Å². The van der Waals surface area contributed by atoms with Gasteiger partial charge in [-0.1, -0.05) is 29.9 Å². The molecule has 0 aliphatic heterocycles. The minimum Gasteiger partial charge on any atom is -0.487 e. The minimum atomic E-state index is 0.275. The van der Waals surface area contributed by atoms with Crippen LogP contribution in [0.3, 0.4) is 0 Å². The first-order valence-electron chi connectivity index (χ1n) is 5.70. The highest BCUT2D eigenvalue weighted by atomic mass is 35.5. The van der Waals surface area contributed by atoms with Gasteiger partial charge in [-0.3, -0.25) is 4.98 Å². The molecule has 1 aromatic carbocycles. The Bertz CT molecular complexity index is 616. The number of thiocarbonyl (C=S) groups is 1. The van der Waals surface area contributed by atoms with Crippen LogP contribution in [0.5, 0.6) is 5.75 Å². The second kappa shape index (κ2) is 5.99. The number of hydrogen-bond acceptors (Lipinski definition) is 3. The Balaban J connectivity index is 2.11. The number of nitrogens with two attached hydrogens (primary N) is 1. The number of aromatic nitrogens is 1. The van der Waals surface area contributed by atoms with Gasteiger partial charge in [0.15, 0.2) is 0 Å². The maximum absolute atomic E-state index is 6.07. The average molecular weight is 293 g/mol. The van der Waals surface area contributed by atoms with Crippen LogP contribution in [0.1, 0.15) is 16.8 Å². The highest BCUT2D eigenvalue weighted by Gasteiger charge is 2.06. The number of aryl methyl sites for hydroxylation is 1. The summed E-state index contributed by atoms with van der Waals surface area (Å²) in [5.41, 5.74) is 8.19. The van der Waals surface area contributed by atoms with Gasteiger partial charge in [0.1, 0.15) is 17.3 Å². The summed E-state index contributed by atoms with van der Waals surface area (Å²) < 4.78 is 5.66. The highest BCUT2D eigenvalue weighted by Crippen LogP contribution is 2.23. The minimum absolute atomic E-state index is 0.275. The monoisotopic (exact) mass is 292 g/mol. The molecule has 0 saturated carbocycles. The lowest BCUT2D eigenvalue weighted by molar-refractivity contribution is 0.300. The average Bonchev–Trinajstić information content (AvgIpc) is 2.37. The zero-order chi connectivity index (χ0) is 13.8. The Labute approximate surface area is 122 Å². The first-order chi connectivity index (χ1) is 9.08. The van der Waals surface area contributed by atoms with Crippen LogP contribution in [-0.2, 0) is 6.61 Å². The second-order valence-corrected chi connectivity index (χ2v) is 4.91. The predicted octanol–water partition coefficient (Wildman–Crippen LogP) is 3.26. The Morgan fingerprint density at radius 1 is 1.42 bits per heavy atom. The summed E-state index contributed by atoms with van der Waals surface area (Å²) in [4.78, 5) is 4.54. The van der Waals surface area contributed by atoms with Gasteiger partial charge in [0.25, 0.3) is 0 Å². The van der Waals surface area contributed by atoms with Gasteiger partial charge < -0.3 is 10.5 Å². The lowest BCUT2D eigenvalue weighted by atomic mass is 10.2. The molecule has 1 heterocycles. The summed E-state index contributed by atoms with van der Waals surface area (Å²) in [5, 5.41) is 0.489. The quantitative estimate of drug-likeness (QED) is 0.879. The van der Waals surface area contributed by atoms with Crippen molar-refractivity contribution in [2.24, 2.45) is 5.73 Å². The van der Waals surface area contributed by atoms with Crippen molar-refractivity contribution in [1.82, 2.24) is 4.98 Å². The molecule has 0 aliphatic rings. The SMILES string of the molecule is Cc1cccnc1COc1ccc(C(N)=S)c(Cl)c1. The maximum atomic E-state index is 6.07. The van der Waals surface area contributed by atoms with E-state index in [1.165, 1.54) is 0 Å². The van der Waals surface area contributed by atoms with Crippen LogP contribution in [0, 0.1) is 6.92 Å². The van der Waals surface area contributed by atoms with Gasteiger partial charge in [0, 0.05) is 11.8 Å². The van der Waals surface area contributed by atoms with Crippen molar-refractivity contribution in [3.63, 3.8) is 0 Å². The molecule has 1 aromatic heterocycles. The predicted molar refractivity (Wildman–Crippen MR) is 80.6 cm³/mol. The summed E-state index contributed by atoms with van der Waals surface area (Å²) in [7, 11) is 0. The van der Waals surface area contributed by atoms with Crippen LogP contribution in [0.2, 0.25) is 5.02 Å². The number of benzene rings is 1. The molecule has 5 heteroatoms. The van der Waals surface area contributed by atoms with Gasteiger partial charge in [-0.05, 0) is 36.8 Å². The number of pyridine rings is 1. The van der Waals surface area contributed by atoms with Crippen molar-refractivity contribution in [2.45, 2.75) is 13.5 Å². The van der Waals surface area contributed by atoms with Gasteiger partial charge in [-0.2, -0.15) is 0 Å². The molecule has 0 amide bonds. The fourth-order valence-corrected chi connectivity index (χ4v) is 2.11. The molecule has 3 nitrogen and oxygen atoms in total. The highest BCUT2D eigenvalue weighted by molar-refractivity contribution is 7.80. The largest absolute Gasteiger partial charge is 0.487 e. The van der Waals surface area contributed by atoms with Crippen LogP contribution in [0.15, 0.2) is 36.5 Å². The third-order valence-electron chi connectivity index (χ3n) is 2.70. The van der Waals surface area contributed by atoms with Crippen molar-refractivity contribution in [3.05, 3.63) is 58.4 Å². The van der Waals surface area contributed by atoms with Crippen molar-refractivity contribution in [1.29, 1.82) is 0 Å². The van der Waals surface area contributed by atoms with E-state index < -0.39 is 0 Å². The first kappa shape index (κ1) is 13.8. The van der Waals surface area contributed by atoms with E-state index in [0.29, 0.717) is 22.9 Å². The van der Waals surface area contributed by atoms with Gasteiger partial charge in [0.05, 0.1) is 10.7 Å². The van der Waals surface area contributed by atoms with Crippen LogP contribution in [0.4, 0.5) is 0 Å². The molecular formula is C14H13ClN2OS. The van der Waals surface area contributed by atoms with Crippen LogP contribution < -0.4 is 10.5 Å². The van der Waals surface area contributed by atoms with Crippen LogP contribution >= 0.6 is 23.8 Å². The van der Waals surface area contributed by atoms with E-state index >= 15 is 0 Å². The summed E-state index contributed by atoms with van der Waals surface area (Å²) in [6, 6.07) is 9.14. The Morgan fingerprint density at radius 2 is 2.21 bits per heavy atom. The van der Waals surface area contributed by atoms with Crippen molar-refractivity contribution in [3.8, 4) is 5.75 Å². The normalized spacial score (nSPS) is 10.2. The summed E-state index contributed by atoms with van der Waals surface area (Å²) >= 11 is 11.0. The molecule has 2 rings (SSSR count). The number of ether oxygens (including phenoxy) is 1. The molecule has 0 bridgehead atoms. The lowest BCUT2D eigenvalue weighted by Crippen LogP contribution is -2.10. The molecule has 98 valence electrons.